The Morgan fingerprint density at radius 1 is 1.12 bits per heavy atom. The summed E-state index contributed by atoms with van der Waals surface area (Å²) in [5.74, 6) is -0.0822. The first-order chi connectivity index (χ1) is 12.1. The molecular formula is C17H16BrN5OS2. The highest BCUT2D eigenvalue weighted by Crippen LogP contribution is 2.31. The lowest BCUT2D eigenvalue weighted by molar-refractivity contribution is -0.114. The van der Waals surface area contributed by atoms with Crippen LogP contribution in [0.4, 0.5) is 16.5 Å². The Bertz CT molecular complexity index is 1050. The van der Waals surface area contributed by atoms with Crippen molar-refractivity contribution in [3.05, 3.63) is 46.9 Å². The minimum absolute atomic E-state index is 0. The van der Waals surface area contributed by atoms with Crippen LogP contribution in [0.3, 0.4) is 0 Å². The van der Waals surface area contributed by atoms with Gasteiger partial charge in [0.25, 0.3) is 0 Å². The zero-order valence-electron chi connectivity index (χ0n) is 14.0. The molecule has 4 aromatic rings. The summed E-state index contributed by atoms with van der Waals surface area (Å²) >= 11 is 3.16. The van der Waals surface area contributed by atoms with Crippen molar-refractivity contribution in [3.63, 3.8) is 0 Å². The lowest BCUT2D eigenvalue weighted by atomic mass is 10.3. The molecule has 1 aromatic carbocycles. The summed E-state index contributed by atoms with van der Waals surface area (Å²) in [4.78, 5) is 21.3. The third-order valence-electron chi connectivity index (χ3n) is 3.64. The van der Waals surface area contributed by atoms with E-state index in [1.54, 1.807) is 22.7 Å². The number of benzene rings is 1. The van der Waals surface area contributed by atoms with Crippen LogP contribution in [-0.4, -0.2) is 20.3 Å². The molecule has 1 amide bonds. The topological polar surface area (TPSA) is 71.3 Å². The van der Waals surface area contributed by atoms with Crippen molar-refractivity contribution >= 4 is 67.0 Å². The zero-order valence-corrected chi connectivity index (χ0v) is 17.4. The molecule has 0 aliphatic rings. The molecule has 0 atom stereocenters. The van der Waals surface area contributed by atoms with Crippen LogP contribution in [0.1, 0.15) is 12.6 Å². The second kappa shape index (κ2) is 7.56. The Morgan fingerprint density at radius 3 is 2.58 bits per heavy atom. The molecule has 0 aliphatic heterocycles. The van der Waals surface area contributed by atoms with Gasteiger partial charge in [0.15, 0.2) is 10.1 Å². The van der Waals surface area contributed by atoms with Crippen LogP contribution in [0, 0.1) is 6.92 Å². The number of nitrogens with one attached hydrogen (secondary N) is 2. The monoisotopic (exact) mass is 449 g/mol. The zero-order chi connectivity index (χ0) is 17.4. The van der Waals surface area contributed by atoms with Gasteiger partial charge >= 0.3 is 0 Å². The molecular weight excluding hydrogens is 434 g/mol. The SMILES string of the molecule is Br.CC(=O)Nc1ccc(Nc2nc(-c3c(C)nc4sccn34)cs2)cc1. The third-order valence-corrected chi connectivity index (χ3v) is 5.15. The first kappa shape index (κ1) is 18.6. The highest BCUT2D eigenvalue weighted by atomic mass is 79.9. The van der Waals surface area contributed by atoms with Crippen molar-refractivity contribution in [2.24, 2.45) is 0 Å². The van der Waals surface area contributed by atoms with Gasteiger partial charge in [0.1, 0.15) is 5.69 Å². The Labute approximate surface area is 168 Å². The molecule has 0 fully saturated rings. The predicted octanol–water partition coefficient (Wildman–Crippen LogP) is 5.11. The molecule has 6 nitrogen and oxygen atoms in total. The quantitative estimate of drug-likeness (QED) is 0.454. The molecule has 0 saturated carbocycles. The van der Waals surface area contributed by atoms with Crippen molar-refractivity contribution in [3.8, 4) is 11.4 Å². The first-order valence-electron chi connectivity index (χ1n) is 7.63. The number of nitrogens with zero attached hydrogens (tertiary/aromatic N) is 3. The van der Waals surface area contributed by atoms with E-state index >= 15 is 0 Å². The smallest absolute Gasteiger partial charge is 0.221 e. The van der Waals surface area contributed by atoms with E-state index < -0.39 is 0 Å². The second-order valence-electron chi connectivity index (χ2n) is 5.52. The maximum absolute atomic E-state index is 11.1. The van der Waals surface area contributed by atoms with Crippen molar-refractivity contribution in [2.75, 3.05) is 10.6 Å². The number of aryl methyl sites for hydroxylation is 1. The molecule has 0 aliphatic carbocycles. The summed E-state index contributed by atoms with van der Waals surface area (Å²) in [6.07, 6.45) is 2.02. The molecule has 0 saturated heterocycles. The number of fused-ring (bicyclic) bond motifs is 1. The molecule has 0 radical (unpaired) electrons. The van der Waals surface area contributed by atoms with E-state index in [0.717, 1.165) is 38.5 Å². The Balaban J connectivity index is 0.00000196. The molecule has 0 unspecified atom stereocenters. The van der Waals surface area contributed by atoms with Gasteiger partial charge in [0, 0.05) is 35.3 Å². The van der Waals surface area contributed by atoms with Crippen LogP contribution in [0.25, 0.3) is 16.3 Å². The summed E-state index contributed by atoms with van der Waals surface area (Å²) in [7, 11) is 0. The van der Waals surface area contributed by atoms with Gasteiger partial charge in [0.05, 0.1) is 11.4 Å². The van der Waals surface area contributed by atoms with Crippen LogP contribution in [0.5, 0.6) is 0 Å². The largest absolute Gasteiger partial charge is 0.332 e. The highest BCUT2D eigenvalue weighted by Gasteiger charge is 2.14. The standard InChI is InChI=1S/C17H15N5OS2.BrH/c1-10-15(22-7-8-24-17(22)18-10)14-9-25-16(21-14)20-13-5-3-12(4-6-13)19-11(2)23;/h3-9H,1-2H3,(H,19,23)(H,20,21);1H. The van der Waals surface area contributed by atoms with Gasteiger partial charge in [-0.3, -0.25) is 9.20 Å². The number of aromatic nitrogens is 3. The number of rotatable bonds is 4. The van der Waals surface area contributed by atoms with E-state index in [9.17, 15) is 4.79 Å². The number of carbonyl (C=O) groups is 1. The molecule has 26 heavy (non-hydrogen) atoms. The summed E-state index contributed by atoms with van der Waals surface area (Å²) in [5.41, 5.74) is 4.60. The Hall–Kier alpha value is -2.23. The van der Waals surface area contributed by atoms with Crippen molar-refractivity contribution in [1.29, 1.82) is 0 Å². The van der Waals surface area contributed by atoms with Crippen LogP contribution in [0.2, 0.25) is 0 Å². The number of carbonyl (C=O) groups excluding carboxylic acids is 1. The Kier molecular flexibility index (Phi) is 5.40. The van der Waals surface area contributed by atoms with E-state index in [1.807, 2.05) is 48.1 Å². The molecule has 3 aromatic heterocycles. The lowest BCUT2D eigenvalue weighted by Gasteiger charge is -2.05. The van der Waals surface area contributed by atoms with Crippen molar-refractivity contribution < 1.29 is 4.79 Å². The fraction of sp³-hybridized carbons (Fsp3) is 0.118. The maximum atomic E-state index is 11.1. The first-order valence-corrected chi connectivity index (χ1v) is 9.39. The predicted molar refractivity (Wildman–Crippen MR) is 113 cm³/mol. The van der Waals surface area contributed by atoms with E-state index in [2.05, 4.69) is 20.0 Å². The maximum Gasteiger partial charge on any atom is 0.221 e. The minimum Gasteiger partial charge on any atom is -0.332 e. The van der Waals surface area contributed by atoms with Crippen LogP contribution >= 0.6 is 39.7 Å². The second-order valence-corrected chi connectivity index (χ2v) is 7.25. The third kappa shape index (κ3) is 3.64. The van der Waals surface area contributed by atoms with Gasteiger partial charge in [-0.25, -0.2) is 9.97 Å². The fourth-order valence-electron chi connectivity index (χ4n) is 2.61. The summed E-state index contributed by atoms with van der Waals surface area (Å²) in [6, 6.07) is 7.53. The van der Waals surface area contributed by atoms with Gasteiger partial charge in [-0.05, 0) is 31.2 Å². The number of anilines is 3. The molecule has 3 heterocycles. The number of amides is 1. The molecule has 4 rings (SSSR count). The fourth-order valence-corrected chi connectivity index (χ4v) is 4.08. The van der Waals surface area contributed by atoms with Gasteiger partial charge in [0.2, 0.25) is 5.91 Å². The molecule has 134 valence electrons. The van der Waals surface area contributed by atoms with Gasteiger partial charge in [-0.2, -0.15) is 0 Å². The number of hydrogen-bond acceptors (Lipinski definition) is 6. The van der Waals surface area contributed by atoms with Gasteiger partial charge in [-0.1, -0.05) is 0 Å². The van der Waals surface area contributed by atoms with Crippen molar-refractivity contribution in [1.82, 2.24) is 14.4 Å². The van der Waals surface area contributed by atoms with E-state index in [-0.39, 0.29) is 22.9 Å². The van der Waals surface area contributed by atoms with Crippen molar-refractivity contribution in [2.45, 2.75) is 13.8 Å². The lowest BCUT2D eigenvalue weighted by Crippen LogP contribution is -2.05. The summed E-state index contributed by atoms with van der Waals surface area (Å²) < 4.78 is 2.07. The van der Waals surface area contributed by atoms with Crippen LogP contribution < -0.4 is 10.6 Å². The summed E-state index contributed by atoms with van der Waals surface area (Å²) in [5, 5.41) is 10.9. The van der Waals surface area contributed by atoms with Crippen LogP contribution in [0.15, 0.2) is 41.2 Å². The Morgan fingerprint density at radius 2 is 1.85 bits per heavy atom. The molecule has 9 heteroatoms. The number of hydrogen-bond donors (Lipinski definition) is 2. The normalized spacial score (nSPS) is 10.5. The number of halogens is 1. The van der Waals surface area contributed by atoms with Crippen LogP contribution in [-0.2, 0) is 4.79 Å². The van der Waals surface area contributed by atoms with E-state index in [4.69, 9.17) is 4.98 Å². The minimum atomic E-state index is -0.0822. The number of thiazole rings is 2. The van der Waals surface area contributed by atoms with E-state index in [1.165, 1.54) is 6.92 Å². The van der Waals surface area contributed by atoms with Gasteiger partial charge < -0.3 is 10.6 Å². The number of imidazole rings is 1. The highest BCUT2D eigenvalue weighted by molar-refractivity contribution is 8.93. The van der Waals surface area contributed by atoms with Gasteiger partial charge in [-0.15, -0.1) is 39.7 Å². The van der Waals surface area contributed by atoms with E-state index in [0.29, 0.717) is 0 Å². The average molecular weight is 450 g/mol. The molecule has 0 bridgehead atoms. The summed E-state index contributed by atoms with van der Waals surface area (Å²) in [6.45, 7) is 3.49. The molecule has 2 N–H and O–H groups in total. The average Bonchev–Trinajstić information content (AvgIpc) is 3.25. The molecule has 0 spiro atoms.